The number of hydrogen-bond acceptors (Lipinski definition) is 0. The van der Waals surface area contributed by atoms with E-state index >= 15 is 0 Å². The maximum absolute atomic E-state index is 6.41. The molecule has 0 aromatic rings. The second-order valence-corrected chi connectivity index (χ2v) is 8.05. The quantitative estimate of drug-likeness (QED) is 0.293. The van der Waals surface area contributed by atoms with E-state index in [-0.39, 0.29) is 0 Å². The molecule has 0 saturated heterocycles. The molecule has 0 N–H and O–H groups in total. The van der Waals surface area contributed by atoms with E-state index in [9.17, 15) is 0 Å². The zero-order chi connectivity index (χ0) is 23.9. The lowest BCUT2D eigenvalue weighted by atomic mass is 8.35. The molecule has 0 saturated carbocycles. The lowest BCUT2D eigenvalue weighted by Gasteiger charge is -2.47. The second-order valence-electron chi connectivity index (χ2n) is 8.05. The van der Waals surface area contributed by atoms with Crippen LogP contribution in [0.2, 0.25) is 0 Å². The Morgan fingerprint density at radius 2 is 1.00 bits per heavy atom. The van der Waals surface area contributed by atoms with Gasteiger partial charge in [-0.15, -0.1) is 10.9 Å². The molecule has 0 spiro atoms. The molecule has 0 bridgehead atoms. The molecule has 26 heteroatoms. The largest absolute Gasteiger partial charge is 0.134 e. The summed E-state index contributed by atoms with van der Waals surface area (Å²) in [7, 11) is 81.7. The highest BCUT2D eigenvalue weighted by Crippen LogP contribution is 2.15. The fraction of sp³-hybridized carbons (Fsp3) is 0.500. The van der Waals surface area contributed by atoms with E-state index in [4.69, 9.17) is 101 Å². The number of hydrogen-bond donors (Lipinski definition) is 0. The first-order valence-electron chi connectivity index (χ1n) is 9.83. The third-order valence-electron chi connectivity index (χ3n) is 5.97. The summed E-state index contributed by atoms with van der Waals surface area (Å²) in [5.74, 6) is 0. The summed E-state index contributed by atoms with van der Waals surface area (Å²) in [6.07, 6.45) is -8.12. The van der Waals surface area contributed by atoms with Crippen molar-refractivity contribution in [3.8, 4) is 0 Å². The van der Waals surface area contributed by atoms with E-state index < -0.39 is 70.3 Å². The molecule has 0 nitrogen and oxygen atoms in total. The van der Waals surface area contributed by atoms with Gasteiger partial charge >= 0.3 is 0 Å². The lowest BCUT2D eigenvalue weighted by Crippen LogP contribution is -2.85. The Labute approximate surface area is 209 Å². The Bertz CT molecular complexity index is 497. The van der Waals surface area contributed by atoms with Crippen LogP contribution in [0.4, 0.5) is 0 Å². The standard InChI is InChI=1S/C4H6B26/c1-3(5)4(2)20(18-6)27(22(10)11)29(25(16)19-7)30(26(17)21(8)9)28(23(12)13)24(14)15/h1-2H3/b4-3-. The van der Waals surface area contributed by atoms with Gasteiger partial charge in [0.25, 0.3) is 0 Å². The van der Waals surface area contributed by atoms with Gasteiger partial charge in [-0.2, -0.15) is 0 Å². The van der Waals surface area contributed by atoms with Crippen molar-refractivity contribution >= 4 is 185 Å². The fourth-order valence-corrected chi connectivity index (χ4v) is 4.25. The summed E-state index contributed by atoms with van der Waals surface area (Å²) >= 11 is 0. The average Bonchev–Trinajstić information content (AvgIpc) is 2.64. The van der Waals surface area contributed by atoms with Gasteiger partial charge in [0.05, 0.1) is 6.49 Å². The Balaban J connectivity index is 6.89. The minimum Gasteiger partial charge on any atom is -0.134 e. The fourth-order valence-electron chi connectivity index (χ4n) is 4.25. The molecule has 100 valence electrons. The van der Waals surface area contributed by atoms with Gasteiger partial charge < -0.3 is 0 Å². The molecule has 0 aromatic heterocycles. The van der Waals surface area contributed by atoms with Gasteiger partial charge in [-0.25, -0.2) is 0 Å². The van der Waals surface area contributed by atoms with E-state index in [1.807, 2.05) is 6.92 Å². The maximum Gasteiger partial charge on any atom is 0.106 e. The van der Waals surface area contributed by atoms with Crippen molar-refractivity contribution in [2.45, 2.75) is 13.8 Å². The van der Waals surface area contributed by atoms with Crippen LogP contribution >= 0.6 is 0 Å². The van der Waals surface area contributed by atoms with Crippen LogP contribution in [0.5, 0.6) is 0 Å². The van der Waals surface area contributed by atoms with Gasteiger partial charge in [0.15, 0.2) is 0 Å². The topological polar surface area (TPSA) is 0 Å². The molecule has 0 unspecified atom stereocenters. The van der Waals surface area contributed by atoms with Crippen LogP contribution in [0, 0.1) is 0 Å². The SMILES string of the molecule is [B][B]B([B])B(B(B([B])B([B])[B])B(B([B])[B])B([B])[B])B(B([B])[B])B([B][B])/C(C)=C(\[B])C. The first-order valence-corrected chi connectivity index (χ1v) is 9.83. The molecular weight excluding hydrogens is 329 g/mol. The molecule has 0 amide bonds. The number of allylic oxidation sites excluding steroid dienone is 2. The minimum atomic E-state index is -0.967. The maximum atomic E-state index is 6.41. The third-order valence-corrected chi connectivity index (χ3v) is 5.97. The highest BCUT2D eigenvalue weighted by atomic mass is 13.7. The van der Waals surface area contributed by atoms with Crippen molar-refractivity contribution < 1.29 is 0 Å². The third kappa shape index (κ3) is 8.33. The van der Waals surface area contributed by atoms with Gasteiger partial charge in [-0.05, 0) is 0 Å². The van der Waals surface area contributed by atoms with Crippen LogP contribution in [0.15, 0.2) is 10.9 Å². The minimum absolute atomic E-state index is 0.474. The summed E-state index contributed by atoms with van der Waals surface area (Å²) in [5.41, 5.74) is 1.31. The Kier molecular flexibility index (Phi) is 15.3. The molecule has 0 fully saturated rings. The molecule has 30 heavy (non-hydrogen) atoms. The van der Waals surface area contributed by atoms with E-state index in [0.29, 0.717) is 5.47 Å². The van der Waals surface area contributed by atoms with Crippen LogP contribution in [-0.2, 0) is 0 Å². The molecule has 28 radical (unpaired) electrons. The van der Waals surface area contributed by atoms with Crippen LogP contribution in [0.3, 0.4) is 0 Å². The predicted molar refractivity (Wildman–Crippen MR) is 168 cm³/mol. The summed E-state index contributed by atoms with van der Waals surface area (Å²) < 4.78 is 0. The molecule has 0 aliphatic rings. The van der Waals surface area contributed by atoms with Crippen molar-refractivity contribution in [2.24, 2.45) is 0 Å². The van der Waals surface area contributed by atoms with Crippen molar-refractivity contribution in [3.63, 3.8) is 0 Å². The van der Waals surface area contributed by atoms with E-state index in [2.05, 4.69) is 0 Å². The van der Waals surface area contributed by atoms with Crippen LogP contribution in [0.25, 0.3) is 0 Å². The summed E-state index contributed by atoms with van der Waals surface area (Å²) in [6, 6.07) is 0. The average molecular weight is 335 g/mol. The molecule has 0 rings (SSSR count). The predicted octanol–water partition coefficient (Wildman–Crippen LogP) is -8.56. The van der Waals surface area contributed by atoms with E-state index in [1.165, 1.54) is 14.1 Å². The zero-order valence-electron chi connectivity index (χ0n) is 18.0. The molecular formula is C4H6B26. The van der Waals surface area contributed by atoms with Crippen molar-refractivity contribution in [1.82, 2.24) is 0 Å². The van der Waals surface area contributed by atoms with E-state index in [1.54, 1.807) is 6.92 Å². The molecule has 0 aliphatic carbocycles. The molecule has 0 atom stereocenters. The monoisotopic (exact) mass is 340 g/mol. The van der Waals surface area contributed by atoms with E-state index in [0.717, 1.165) is 5.47 Å². The normalized spacial score (nSPS) is 10.6. The van der Waals surface area contributed by atoms with Crippen LogP contribution in [-0.4, -0.2) is 185 Å². The Morgan fingerprint density at radius 3 is 1.27 bits per heavy atom. The van der Waals surface area contributed by atoms with Crippen LogP contribution < -0.4 is 0 Å². The smallest absolute Gasteiger partial charge is 0.106 e. The first-order chi connectivity index (χ1) is 13.7. The first kappa shape index (κ1) is 31.4. The van der Waals surface area contributed by atoms with Crippen molar-refractivity contribution in [1.29, 1.82) is 0 Å². The molecule has 0 aliphatic heterocycles. The Hall–Kier alpha value is 1.43. The summed E-state index contributed by atoms with van der Waals surface area (Å²) in [6.45, 7) is 3.08. The highest BCUT2D eigenvalue weighted by molar-refractivity contribution is 8.23. The highest BCUT2D eigenvalue weighted by Gasteiger charge is 2.49. The number of rotatable bonds is 13. The second kappa shape index (κ2) is 14.6. The molecule has 0 heterocycles. The van der Waals surface area contributed by atoms with Crippen LogP contribution in [0.1, 0.15) is 13.8 Å². The molecule has 0 aromatic carbocycles. The van der Waals surface area contributed by atoms with Gasteiger partial charge in [0.1, 0.15) is 7.85 Å². The summed E-state index contributed by atoms with van der Waals surface area (Å²) in [4.78, 5) is 0. The van der Waals surface area contributed by atoms with Gasteiger partial charge in [-0.3, -0.25) is 0 Å². The summed E-state index contributed by atoms with van der Waals surface area (Å²) in [5, 5.41) is 0. The Morgan fingerprint density at radius 1 is 0.567 bits per heavy atom. The van der Waals surface area contributed by atoms with Crippen molar-refractivity contribution in [2.75, 3.05) is 0 Å². The van der Waals surface area contributed by atoms with Gasteiger partial charge in [0.2, 0.25) is 0 Å². The van der Waals surface area contributed by atoms with Gasteiger partial charge in [-0.1, -0.05) is 13.8 Å². The van der Waals surface area contributed by atoms with Gasteiger partial charge in [0, 0.05) is 171 Å². The lowest BCUT2D eigenvalue weighted by molar-refractivity contribution is 1.53. The zero-order valence-corrected chi connectivity index (χ0v) is 18.0. The van der Waals surface area contributed by atoms with Crippen molar-refractivity contribution in [3.05, 3.63) is 10.9 Å².